The molecule has 4 rings (SSSR count). The van der Waals surface area contributed by atoms with E-state index in [1.165, 1.54) is 23.5 Å². The van der Waals surface area contributed by atoms with Gasteiger partial charge >= 0.3 is 0 Å². The van der Waals surface area contributed by atoms with Gasteiger partial charge in [-0.2, -0.15) is 0 Å². The topological polar surface area (TPSA) is 92.3 Å². The Morgan fingerprint density at radius 1 is 0.970 bits per heavy atom. The molecule has 0 fully saturated rings. The molecule has 4 aromatic rings. The van der Waals surface area contributed by atoms with E-state index in [0.29, 0.717) is 15.7 Å². The molecular weight excluding hydrogens is 595 g/mol. The predicted molar refractivity (Wildman–Crippen MR) is 139 cm³/mol. The lowest BCUT2D eigenvalue weighted by molar-refractivity contribution is -0.114. The summed E-state index contributed by atoms with van der Waals surface area (Å²) in [6.45, 7) is -0.423. The quantitative estimate of drug-likeness (QED) is 0.287. The van der Waals surface area contributed by atoms with Crippen molar-refractivity contribution in [3.63, 3.8) is 0 Å². The number of halogens is 2. The van der Waals surface area contributed by atoms with Crippen molar-refractivity contribution in [3.05, 3.63) is 87.5 Å². The second-order valence-electron chi connectivity index (χ2n) is 6.77. The van der Waals surface area contributed by atoms with E-state index in [-0.39, 0.29) is 10.0 Å². The highest BCUT2D eigenvalue weighted by molar-refractivity contribution is 14.1. The third kappa shape index (κ3) is 5.69. The van der Waals surface area contributed by atoms with Crippen molar-refractivity contribution in [2.75, 3.05) is 16.2 Å². The summed E-state index contributed by atoms with van der Waals surface area (Å²) in [5.74, 6) is -0.535. The number of hydrogen-bond donors (Lipinski definition) is 1. The van der Waals surface area contributed by atoms with Gasteiger partial charge in [0.2, 0.25) is 11.0 Å². The zero-order valence-electron chi connectivity index (χ0n) is 16.9. The second kappa shape index (κ2) is 10.2. The molecule has 1 aromatic heterocycles. The normalized spacial score (nSPS) is 11.2. The molecule has 0 atom stereocenters. The van der Waals surface area contributed by atoms with Gasteiger partial charge in [-0.3, -0.25) is 14.4 Å². The van der Waals surface area contributed by atoms with Gasteiger partial charge < -0.3 is 0 Å². The molecule has 33 heavy (non-hydrogen) atoms. The molecule has 1 heterocycles. The van der Waals surface area contributed by atoms with Crippen LogP contribution in [0.1, 0.15) is 0 Å². The molecule has 0 aliphatic carbocycles. The Morgan fingerprint density at radius 3 is 2.30 bits per heavy atom. The third-order valence-electron chi connectivity index (χ3n) is 4.50. The lowest BCUT2D eigenvalue weighted by Crippen LogP contribution is -2.38. The Balaban J connectivity index is 1.57. The molecule has 0 saturated heterocycles. The molecule has 0 aliphatic rings. The summed E-state index contributed by atoms with van der Waals surface area (Å²) >= 11 is 9.23. The average Bonchev–Trinajstić information content (AvgIpc) is 3.27. The molecule has 0 aliphatic heterocycles. The number of amides is 1. The van der Waals surface area contributed by atoms with E-state index in [1.54, 1.807) is 66.7 Å². The smallest absolute Gasteiger partial charge is 0.264 e. The maximum absolute atomic E-state index is 13.3. The first-order chi connectivity index (χ1) is 15.8. The molecule has 0 bridgehead atoms. The second-order valence-corrected chi connectivity index (χ2v) is 11.3. The van der Waals surface area contributed by atoms with Crippen molar-refractivity contribution >= 4 is 72.3 Å². The maximum Gasteiger partial charge on any atom is 0.264 e. The van der Waals surface area contributed by atoms with Crippen LogP contribution in [-0.2, 0) is 14.8 Å². The van der Waals surface area contributed by atoms with Gasteiger partial charge in [0.05, 0.1) is 10.6 Å². The van der Waals surface area contributed by atoms with Gasteiger partial charge in [0.1, 0.15) is 11.6 Å². The number of nitrogens with one attached hydrogen (secondary N) is 1. The summed E-state index contributed by atoms with van der Waals surface area (Å²) in [7, 11) is -3.97. The molecular formula is C22H16ClIN4O3S2. The lowest BCUT2D eigenvalue weighted by Gasteiger charge is -2.24. The highest BCUT2D eigenvalue weighted by atomic mass is 127. The molecule has 3 aromatic carbocycles. The van der Waals surface area contributed by atoms with Crippen LogP contribution in [0.4, 0.5) is 10.8 Å². The number of nitrogens with zero attached hydrogens (tertiary/aromatic N) is 3. The monoisotopic (exact) mass is 610 g/mol. The summed E-state index contributed by atoms with van der Waals surface area (Å²) in [5, 5.41) is 12.2. The van der Waals surface area contributed by atoms with Crippen molar-refractivity contribution in [1.29, 1.82) is 0 Å². The van der Waals surface area contributed by atoms with Crippen molar-refractivity contribution in [2.45, 2.75) is 4.90 Å². The van der Waals surface area contributed by atoms with E-state index >= 15 is 0 Å². The summed E-state index contributed by atoms with van der Waals surface area (Å²) < 4.78 is 28.7. The molecule has 0 radical (unpaired) electrons. The Labute approximate surface area is 213 Å². The van der Waals surface area contributed by atoms with Crippen molar-refractivity contribution in [1.82, 2.24) is 10.2 Å². The number of carbonyl (C=O) groups excluding carboxylic acids is 1. The van der Waals surface area contributed by atoms with E-state index in [1.807, 2.05) is 0 Å². The van der Waals surface area contributed by atoms with Gasteiger partial charge in [-0.25, -0.2) is 8.42 Å². The summed E-state index contributed by atoms with van der Waals surface area (Å²) in [5.41, 5.74) is 1.19. The standard InChI is InChI=1S/C22H16ClIN4O3S2/c23-16-8-6-15(7-9-16)21-26-27-22(32-21)25-20(29)14-28(18-12-10-17(24)11-13-18)33(30,31)19-4-2-1-3-5-19/h1-13H,14H2,(H,25,27,29). The van der Waals surface area contributed by atoms with Gasteiger partial charge in [0.25, 0.3) is 10.0 Å². The zero-order chi connectivity index (χ0) is 23.4. The van der Waals surface area contributed by atoms with Crippen molar-refractivity contribution in [2.24, 2.45) is 0 Å². The van der Waals surface area contributed by atoms with Gasteiger partial charge in [0, 0.05) is 14.2 Å². The van der Waals surface area contributed by atoms with Crippen LogP contribution < -0.4 is 9.62 Å². The van der Waals surface area contributed by atoms with E-state index in [9.17, 15) is 13.2 Å². The van der Waals surface area contributed by atoms with Crippen LogP contribution in [0.3, 0.4) is 0 Å². The molecule has 1 N–H and O–H groups in total. The minimum atomic E-state index is -3.97. The Bertz CT molecular complexity index is 1360. The fraction of sp³-hybridized carbons (Fsp3) is 0.0455. The molecule has 0 unspecified atom stereocenters. The highest BCUT2D eigenvalue weighted by Gasteiger charge is 2.27. The summed E-state index contributed by atoms with van der Waals surface area (Å²) in [6, 6.07) is 22.0. The molecule has 0 saturated carbocycles. The minimum absolute atomic E-state index is 0.0947. The SMILES string of the molecule is O=C(CN(c1ccc(I)cc1)S(=O)(=O)c1ccccc1)Nc1nnc(-c2ccc(Cl)cc2)s1. The molecule has 11 heteroatoms. The molecule has 1 amide bonds. The van der Waals surface area contributed by atoms with Crippen LogP contribution in [0.15, 0.2) is 83.8 Å². The van der Waals surface area contributed by atoms with E-state index < -0.39 is 22.5 Å². The van der Waals surface area contributed by atoms with Crippen LogP contribution in [0.5, 0.6) is 0 Å². The zero-order valence-corrected chi connectivity index (χ0v) is 21.4. The number of aromatic nitrogens is 2. The Kier molecular flexibility index (Phi) is 7.27. The number of rotatable bonds is 7. The predicted octanol–water partition coefficient (Wildman–Crippen LogP) is 5.30. The van der Waals surface area contributed by atoms with Gasteiger partial charge in [-0.15, -0.1) is 10.2 Å². The summed E-state index contributed by atoms with van der Waals surface area (Å²) in [6.07, 6.45) is 0. The van der Waals surface area contributed by atoms with E-state index in [2.05, 4.69) is 38.1 Å². The van der Waals surface area contributed by atoms with Gasteiger partial charge in [-0.1, -0.05) is 53.3 Å². The first-order valence-corrected chi connectivity index (χ1v) is 13.3. The van der Waals surface area contributed by atoms with E-state index in [4.69, 9.17) is 11.6 Å². The van der Waals surface area contributed by atoms with Gasteiger partial charge in [-0.05, 0) is 71.1 Å². The van der Waals surface area contributed by atoms with Crippen molar-refractivity contribution in [3.8, 4) is 10.6 Å². The number of sulfonamides is 1. The largest absolute Gasteiger partial charge is 0.299 e. The first-order valence-electron chi connectivity index (χ1n) is 9.55. The average molecular weight is 611 g/mol. The number of hydrogen-bond acceptors (Lipinski definition) is 6. The van der Waals surface area contributed by atoms with E-state index in [0.717, 1.165) is 13.4 Å². The van der Waals surface area contributed by atoms with Gasteiger partial charge in [0.15, 0.2) is 0 Å². The molecule has 168 valence electrons. The fourth-order valence-electron chi connectivity index (χ4n) is 2.91. The summed E-state index contributed by atoms with van der Waals surface area (Å²) in [4.78, 5) is 12.9. The van der Waals surface area contributed by atoms with Crippen molar-refractivity contribution < 1.29 is 13.2 Å². The van der Waals surface area contributed by atoms with Crippen LogP contribution >= 0.6 is 45.5 Å². The first kappa shape index (κ1) is 23.6. The number of anilines is 2. The van der Waals surface area contributed by atoms with Crippen LogP contribution in [0, 0.1) is 3.57 Å². The molecule has 0 spiro atoms. The minimum Gasteiger partial charge on any atom is -0.299 e. The van der Waals surface area contributed by atoms with Crippen LogP contribution in [0.25, 0.3) is 10.6 Å². The fourth-order valence-corrected chi connectivity index (χ4v) is 5.61. The Hall–Kier alpha value is -2.54. The Morgan fingerprint density at radius 2 is 1.64 bits per heavy atom. The third-order valence-corrected chi connectivity index (χ3v) is 8.14. The number of benzene rings is 3. The highest BCUT2D eigenvalue weighted by Crippen LogP contribution is 2.28. The molecule has 7 nitrogen and oxygen atoms in total. The van der Waals surface area contributed by atoms with Crippen LogP contribution in [0.2, 0.25) is 5.02 Å². The lowest BCUT2D eigenvalue weighted by atomic mass is 10.2. The maximum atomic E-state index is 13.3. The van der Waals surface area contributed by atoms with Crippen LogP contribution in [-0.4, -0.2) is 31.1 Å². The number of carbonyl (C=O) groups is 1.